The number of nitrogens with zero attached hydrogens (tertiary/aromatic N) is 1. The first kappa shape index (κ1) is 20.6. The number of carbonyl (C=O) groups excluding carboxylic acids is 1. The van der Waals surface area contributed by atoms with Crippen LogP contribution >= 0.6 is 11.3 Å². The van der Waals surface area contributed by atoms with E-state index in [4.69, 9.17) is 0 Å². The lowest BCUT2D eigenvalue weighted by Gasteiger charge is -2.24. The largest absolute Gasteiger partial charge is 0.350 e. The quantitative estimate of drug-likeness (QED) is 0.754. The number of thiophene rings is 1. The fourth-order valence-corrected chi connectivity index (χ4v) is 4.47. The van der Waals surface area contributed by atoms with Gasteiger partial charge in [-0.25, -0.2) is 13.1 Å². The van der Waals surface area contributed by atoms with Crippen molar-refractivity contribution in [3.8, 4) is 0 Å². The minimum atomic E-state index is -3.62. The van der Waals surface area contributed by atoms with Crippen molar-refractivity contribution >= 4 is 27.3 Å². The Balaban J connectivity index is 2.25. The van der Waals surface area contributed by atoms with Gasteiger partial charge in [-0.15, -0.1) is 0 Å². The van der Waals surface area contributed by atoms with Gasteiger partial charge < -0.3 is 10.2 Å². The zero-order valence-corrected chi connectivity index (χ0v) is 17.3. The molecule has 0 bridgehead atoms. The maximum Gasteiger partial charge on any atom is 0.251 e. The molecule has 0 aliphatic heterocycles. The van der Waals surface area contributed by atoms with Crippen molar-refractivity contribution in [2.75, 3.05) is 27.7 Å². The molecule has 8 heteroatoms. The highest BCUT2D eigenvalue weighted by atomic mass is 32.2. The summed E-state index contributed by atoms with van der Waals surface area (Å²) >= 11 is 1.61. The first-order valence-electron chi connectivity index (χ1n) is 8.19. The molecule has 0 radical (unpaired) electrons. The van der Waals surface area contributed by atoms with Crippen LogP contribution < -0.4 is 10.0 Å². The van der Waals surface area contributed by atoms with Gasteiger partial charge >= 0.3 is 0 Å². The highest BCUT2D eigenvalue weighted by Crippen LogP contribution is 2.22. The van der Waals surface area contributed by atoms with Crippen molar-refractivity contribution in [2.24, 2.45) is 0 Å². The molecule has 0 saturated heterocycles. The molecule has 142 valence electrons. The van der Waals surface area contributed by atoms with Crippen LogP contribution in [-0.4, -0.2) is 46.9 Å². The Labute approximate surface area is 159 Å². The maximum atomic E-state index is 12.6. The molecule has 0 fully saturated rings. The summed E-state index contributed by atoms with van der Waals surface area (Å²) in [5, 5.41) is 6.99. The van der Waals surface area contributed by atoms with Crippen molar-refractivity contribution in [1.82, 2.24) is 14.9 Å². The van der Waals surface area contributed by atoms with Crippen LogP contribution in [0.4, 0.5) is 0 Å². The fraction of sp³-hybridized carbons (Fsp3) is 0.389. The van der Waals surface area contributed by atoms with Crippen LogP contribution in [0.1, 0.15) is 33.1 Å². The number of carbonyl (C=O) groups is 1. The lowest BCUT2D eigenvalue weighted by Crippen LogP contribution is -2.34. The molecule has 1 atom stereocenters. The average molecular weight is 396 g/mol. The van der Waals surface area contributed by atoms with Crippen molar-refractivity contribution < 1.29 is 13.2 Å². The van der Waals surface area contributed by atoms with Gasteiger partial charge in [0.15, 0.2) is 0 Å². The van der Waals surface area contributed by atoms with Crippen LogP contribution in [-0.2, 0) is 10.0 Å². The lowest BCUT2D eigenvalue weighted by atomic mass is 10.1. The molecule has 2 N–H and O–H groups in total. The van der Waals surface area contributed by atoms with Crippen LogP contribution in [0, 0.1) is 13.8 Å². The second-order valence-corrected chi connectivity index (χ2v) is 9.00. The summed E-state index contributed by atoms with van der Waals surface area (Å²) in [5.41, 5.74) is 2.87. The molecule has 0 aliphatic rings. The van der Waals surface area contributed by atoms with E-state index in [1.807, 2.05) is 30.4 Å². The molecule has 2 aromatic rings. The first-order valence-corrected chi connectivity index (χ1v) is 10.6. The lowest BCUT2D eigenvalue weighted by molar-refractivity contribution is 0.0941. The predicted octanol–water partition coefficient (Wildman–Crippen LogP) is 2.31. The molecule has 6 nitrogen and oxygen atoms in total. The minimum Gasteiger partial charge on any atom is -0.350 e. The van der Waals surface area contributed by atoms with Gasteiger partial charge in [-0.05, 0) is 80.6 Å². The van der Waals surface area contributed by atoms with Gasteiger partial charge in [0.2, 0.25) is 10.0 Å². The van der Waals surface area contributed by atoms with Gasteiger partial charge in [-0.3, -0.25) is 4.79 Å². The molecular weight excluding hydrogens is 370 g/mol. The van der Waals surface area contributed by atoms with E-state index in [1.165, 1.54) is 13.1 Å². The van der Waals surface area contributed by atoms with Crippen molar-refractivity contribution in [3.05, 3.63) is 51.2 Å². The van der Waals surface area contributed by atoms with Crippen LogP contribution in [0.3, 0.4) is 0 Å². The van der Waals surface area contributed by atoms with E-state index in [-0.39, 0.29) is 16.8 Å². The third-order valence-corrected chi connectivity index (χ3v) is 6.69. The number of sulfonamides is 1. The topological polar surface area (TPSA) is 78.5 Å². The van der Waals surface area contributed by atoms with E-state index >= 15 is 0 Å². The molecule has 1 aromatic carbocycles. The molecular formula is C18H25N3O3S2. The summed E-state index contributed by atoms with van der Waals surface area (Å²) in [4.78, 5) is 14.8. The Kier molecular flexibility index (Phi) is 6.57. The summed E-state index contributed by atoms with van der Waals surface area (Å²) in [7, 11) is 1.66. The SMILES string of the molecule is CNS(=O)(=O)c1cc(C(=O)NCC(c2ccsc2)N(C)C)cc(C)c1C. The Morgan fingerprint density at radius 3 is 2.50 bits per heavy atom. The second kappa shape index (κ2) is 8.30. The molecule has 0 spiro atoms. The van der Waals surface area contributed by atoms with Gasteiger partial charge in [0.1, 0.15) is 0 Å². The van der Waals surface area contributed by atoms with Gasteiger partial charge in [-0.2, -0.15) is 11.3 Å². The highest BCUT2D eigenvalue weighted by molar-refractivity contribution is 7.89. The minimum absolute atomic E-state index is 0.0530. The van der Waals surface area contributed by atoms with Crippen molar-refractivity contribution in [3.63, 3.8) is 0 Å². The number of rotatable bonds is 7. The van der Waals surface area contributed by atoms with E-state index in [9.17, 15) is 13.2 Å². The Hall–Kier alpha value is -1.74. The smallest absolute Gasteiger partial charge is 0.251 e. The maximum absolute atomic E-state index is 12.6. The standard InChI is InChI=1S/C18H25N3O3S2/c1-12-8-15(9-17(13(12)2)26(23,24)19-3)18(22)20-10-16(21(4)5)14-6-7-25-11-14/h6-9,11,16,19H,10H2,1-5H3,(H,20,22). The van der Waals surface area contributed by atoms with Gasteiger partial charge in [0.25, 0.3) is 5.91 Å². The summed E-state index contributed by atoms with van der Waals surface area (Å²) in [5.74, 6) is -0.289. The molecule has 2 rings (SSSR count). The van der Waals surface area contributed by atoms with E-state index < -0.39 is 10.0 Å². The summed E-state index contributed by atoms with van der Waals surface area (Å²) in [6, 6.07) is 5.24. The predicted molar refractivity (Wildman–Crippen MR) is 105 cm³/mol. The van der Waals surface area contributed by atoms with E-state index in [0.717, 1.165) is 11.1 Å². The highest BCUT2D eigenvalue weighted by Gasteiger charge is 2.21. The van der Waals surface area contributed by atoms with Crippen LogP contribution in [0.15, 0.2) is 33.9 Å². The van der Waals surface area contributed by atoms with Crippen LogP contribution in [0.25, 0.3) is 0 Å². The third-order valence-electron chi connectivity index (χ3n) is 4.45. The number of benzene rings is 1. The molecule has 1 aromatic heterocycles. The molecule has 1 amide bonds. The second-order valence-electron chi connectivity index (χ2n) is 6.37. The fourth-order valence-electron chi connectivity index (χ4n) is 2.70. The molecule has 1 heterocycles. The third kappa shape index (κ3) is 4.50. The van der Waals surface area contributed by atoms with Gasteiger partial charge in [-0.1, -0.05) is 0 Å². The first-order chi connectivity index (χ1) is 12.2. The number of nitrogens with one attached hydrogen (secondary N) is 2. The zero-order chi connectivity index (χ0) is 19.5. The number of hydrogen-bond donors (Lipinski definition) is 2. The molecule has 26 heavy (non-hydrogen) atoms. The molecule has 0 aliphatic carbocycles. The summed E-state index contributed by atoms with van der Waals surface area (Å²) in [6.07, 6.45) is 0. The van der Waals surface area contributed by atoms with Crippen molar-refractivity contribution in [1.29, 1.82) is 0 Å². The molecule has 1 unspecified atom stereocenters. The number of aryl methyl sites for hydroxylation is 1. The van der Waals surface area contributed by atoms with Gasteiger partial charge in [0, 0.05) is 12.1 Å². The average Bonchev–Trinajstić information content (AvgIpc) is 3.10. The summed E-state index contributed by atoms with van der Waals surface area (Å²) < 4.78 is 26.7. The number of hydrogen-bond acceptors (Lipinski definition) is 5. The van der Waals surface area contributed by atoms with E-state index in [0.29, 0.717) is 17.7 Å². The number of amides is 1. The Bertz CT molecular complexity index is 875. The molecule has 0 saturated carbocycles. The van der Waals surface area contributed by atoms with Crippen LogP contribution in [0.5, 0.6) is 0 Å². The van der Waals surface area contributed by atoms with E-state index in [1.54, 1.807) is 31.3 Å². The monoisotopic (exact) mass is 395 g/mol. The Morgan fingerprint density at radius 2 is 1.96 bits per heavy atom. The Morgan fingerprint density at radius 1 is 1.27 bits per heavy atom. The zero-order valence-electron chi connectivity index (χ0n) is 15.7. The number of likely N-dealkylation sites (N-methyl/N-ethyl adjacent to an activating group) is 1. The van der Waals surface area contributed by atoms with Crippen LogP contribution in [0.2, 0.25) is 0 Å². The van der Waals surface area contributed by atoms with Crippen molar-refractivity contribution in [2.45, 2.75) is 24.8 Å². The summed E-state index contributed by atoms with van der Waals surface area (Å²) in [6.45, 7) is 3.97. The van der Waals surface area contributed by atoms with E-state index in [2.05, 4.69) is 15.4 Å². The normalized spacial score (nSPS) is 13.0. The van der Waals surface area contributed by atoms with Gasteiger partial charge in [0.05, 0.1) is 10.9 Å².